The molecule has 20 heavy (non-hydrogen) atoms. The fourth-order valence-corrected chi connectivity index (χ4v) is 3.09. The summed E-state index contributed by atoms with van der Waals surface area (Å²) in [5.74, 6) is -0.0186. The standard InChI is InChI=1S/C14H12N2O3S/c17-12-9-20-14(10-5-2-1-3-6-10)16(12)15-13(18)11-7-4-8-19-11/h1-8,14H,9H2,(H,15,18). The van der Waals surface area contributed by atoms with Crippen molar-refractivity contribution in [2.45, 2.75) is 5.37 Å². The van der Waals surface area contributed by atoms with Crippen molar-refractivity contribution in [3.8, 4) is 0 Å². The van der Waals surface area contributed by atoms with Crippen LogP contribution in [0.15, 0.2) is 53.1 Å². The fraction of sp³-hybridized carbons (Fsp3) is 0.143. The number of amides is 2. The first-order valence-electron chi connectivity index (χ1n) is 6.09. The van der Waals surface area contributed by atoms with E-state index in [1.165, 1.54) is 23.0 Å². The molecule has 102 valence electrons. The van der Waals surface area contributed by atoms with Crippen LogP contribution in [-0.4, -0.2) is 22.6 Å². The molecule has 1 fully saturated rings. The number of carbonyl (C=O) groups is 2. The number of hydrazine groups is 1. The highest BCUT2D eigenvalue weighted by Crippen LogP contribution is 2.37. The summed E-state index contributed by atoms with van der Waals surface area (Å²) < 4.78 is 5.02. The minimum atomic E-state index is -0.424. The number of rotatable bonds is 3. The highest BCUT2D eigenvalue weighted by atomic mass is 32.2. The van der Waals surface area contributed by atoms with Crippen LogP contribution in [0.5, 0.6) is 0 Å². The maximum Gasteiger partial charge on any atom is 0.305 e. The summed E-state index contributed by atoms with van der Waals surface area (Å²) >= 11 is 1.48. The first-order chi connectivity index (χ1) is 9.75. The molecule has 0 bridgehead atoms. The maximum absolute atomic E-state index is 12.0. The molecule has 5 nitrogen and oxygen atoms in total. The van der Waals surface area contributed by atoms with Crippen molar-refractivity contribution in [3.63, 3.8) is 0 Å². The van der Waals surface area contributed by atoms with Gasteiger partial charge in [-0.25, -0.2) is 5.01 Å². The fourth-order valence-electron chi connectivity index (χ4n) is 1.98. The van der Waals surface area contributed by atoms with Gasteiger partial charge >= 0.3 is 5.91 Å². The Bertz CT molecular complexity index is 613. The van der Waals surface area contributed by atoms with Crippen LogP contribution in [0.4, 0.5) is 0 Å². The van der Waals surface area contributed by atoms with Crippen LogP contribution < -0.4 is 5.43 Å². The van der Waals surface area contributed by atoms with Crippen molar-refractivity contribution in [1.82, 2.24) is 10.4 Å². The molecule has 0 aliphatic carbocycles. The zero-order valence-electron chi connectivity index (χ0n) is 10.5. The average Bonchev–Trinajstić information content (AvgIpc) is 3.11. The lowest BCUT2D eigenvalue weighted by molar-refractivity contribution is -0.130. The number of carbonyl (C=O) groups excluding carboxylic acids is 2. The van der Waals surface area contributed by atoms with E-state index in [-0.39, 0.29) is 17.0 Å². The smallest absolute Gasteiger partial charge is 0.305 e. The first kappa shape index (κ1) is 12.8. The van der Waals surface area contributed by atoms with Gasteiger partial charge in [0.05, 0.1) is 12.0 Å². The molecular weight excluding hydrogens is 276 g/mol. The van der Waals surface area contributed by atoms with Gasteiger partial charge < -0.3 is 4.42 Å². The summed E-state index contributed by atoms with van der Waals surface area (Å²) in [6.07, 6.45) is 1.42. The van der Waals surface area contributed by atoms with Crippen molar-refractivity contribution >= 4 is 23.6 Å². The molecule has 1 unspecified atom stereocenters. The molecule has 0 radical (unpaired) electrons. The largest absolute Gasteiger partial charge is 0.459 e. The van der Waals surface area contributed by atoms with Gasteiger partial charge in [0, 0.05) is 0 Å². The van der Waals surface area contributed by atoms with Crippen LogP contribution in [0, 0.1) is 0 Å². The number of hydrogen-bond donors (Lipinski definition) is 1. The molecule has 6 heteroatoms. The third kappa shape index (κ3) is 2.42. The van der Waals surface area contributed by atoms with E-state index in [0.717, 1.165) is 5.56 Å². The highest BCUT2D eigenvalue weighted by Gasteiger charge is 2.34. The highest BCUT2D eigenvalue weighted by molar-refractivity contribution is 8.00. The van der Waals surface area contributed by atoms with Crippen molar-refractivity contribution in [1.29, 1.82) is 0 Å². The van der Waals surface area contributed by atoms with E-state index in [9.17, 15) is 9.59 Å². The molecule has 0 saturated carbocycles. The molecule has 3 rings (SSSR count). The van der Waals surface area contributed by atoms with E-state index >= 15 is 0 Å². The summed E-state index contributed by atoms with van der Waals surface area (Å²) in [4.78, 5) is 23.9. The summed E-state index contributed by atoms with van der Waals surface area (Å²) in [7, 11) is 0. The van der Waals surface area contributed by atoms with Crippen LogP contribution in [0.3, 0.4) is 0 Å². The van der Waals surface area contributed by atoms with Gasteiger partial charge in [-0.15, -0.1) is 11.8 Å². The van der Waals surface area contributed by atoms with E-state index in [0.29, 0.717) is 5.75 Å². The molecule has 2 aromatic rings. The minimum absolute atomic E-state index is 0.122. The summed E-state index contributed by atoms with van der Waals surface area (Å²) in [5.41, 5.74) is 3.58. The Kier molecular flexibility index (Phi) is 3.47. The van der Waals surface area contributed by atoms with Gasteiger partial charge in [0.25, 0.3) is 5.91 Å². The topological polar surface area (TPSA) is 62.6 Å². The third-order valence-electron chi connectivity index (χ3n) is 2.92. The van der Waals surface area contributed by atoms with Crippen molar-refractivity contribution in [3.05, 3.63) is 60.1 Å². The molecule has 1 aliphatic heterocycles. The summed E-state index contributed by atoms with van der Waals surface area (Å²) in [5, 5.41) is 1.16. The molecule has 1 aromatic heterocycles. The minimum Gasteiger partial charge on any atom is -0.459 e. The zero-order chi connectivity index (χ0) is 13.9. The second-order valence-electron chi connectivity index (χ2n) is 4.26. The molecule has 1 aromatic carbocycles. The molecule has 1 atom stereocenters. The Balaban J connectivity index is 1.79. The molecule has 2 heterocycles. The number of thioether (sulfide) groups is 1. The molecule has 1 N–H and O–H groups in total. The van der Waals surface area contributed by atoms with Crippen molar-refractivity contribution in [2.24, 2.45) is 0 Å². The van der Waals surface area contributed by atoms with Gasteiger partial charge in [-0.05, 0) is 17.7 Å². The van der Waals surface area contributed by atoms with E-state index in [1.54, 1.807) is 12.1 Å². The van der Waals surface area contributed by atoms with Gasteiger partial charge in [-0.2, -0.15) is 0 Å². The van der Waals surface area contributed by atoms with E-state index in [1.807, 2.05) is 30.3 Å². The molecule has 0 spiro atoms. The Labute approximate surface area is 119 Å². The van der Waals surface area contributed by atoms with Crippen LogP contribution in [0.25, 0.3) is 0 Å². The number of furan rings is 1. The lowest BCUT2D eigenvalue weighted by atomic mass is 10.2. The molecular formula is C14H12N2O3S. The number of benzene rings is 1. The van der Waals surface area contributed by atoms with Gasteiger partial charge in [-0.3, -0.25) is 15.0 Å². The van der Waals surface area contributed by atoms with E-state index in [4.69, 9.17) is 4.42 Å². The van der Waals surface area contributed by atoms with Gasteiger partial charge in [-0.1, -0.05) is 30.3 Å². The van der Waals surface area contributed by atoms with Crippen LogP contribution >= 0.6 is 11.8 Å². The first-order valence-corrected chi connectivity index (χ1v) is 7.13. The average molecular weight is 288 g/mol. The van der Waals surface area contributed by atoms with Crippen molar-refractivity contribution < 1.29 is 14.0 Å². The maximum atomic E-state index is 12.0. The van der Waals surface area contributed by atoms with Crippen LogP contribution in [-0.2, 0) is 4.79 Å². The number of nitrogens with one attached hydrogen (secondary N) is 1. The van der Waals surface area contributed by atoms with Crippen molar-refractivity contribution in [2.75, 3.05) is 5.75 Å². The molecule has 1 saturated heterocycles. The Morgan fingerprint density at radius 3 is 2.75 bits per heavy atom. The molecule has 2 amide bonds. The van der Waals surface area contributed by atoms with Gasteiger partial charge in [0.15, 0.2) is 5.76 Å². The summed E-state index contributed by atoms with van der Waals surface area (Å²) in [6, 6.07) is 12.8. The Morgan fingerprint density at radius 2 is 2.05 bits per heavy atom. The van der Waals surface area contributed by atoms with Gasteiger partial charge in [0.2, 0.25) is 0 Å². The Morgan fingerprint density at radius 1 is 1.25 bits per heavy atom. The third-order valence-corrected chi connectivity index (χ3v) is 4.13. The SMILES string of the molecule is O=C(NN1C(=O)CSC1c1ccccc1)c1ccco1. The normalized spacial score (nSPS) is 18.3. The second kappa shape index (κ2) is 5.42. The van der Waals surface area contributed by atoms with E-state index < -0.39 is 5.91 Å². The Hall–Kier alpha value is -2.21. The number of nitrogens with zero attached hydrogens (tertiary/aromatic N) is 1. The number of hydrogen-bond acceptors (Lipinski definition) is 4. The quantitative estimate of drug-likeness (QED) is 0.940. The van der Waals surface area contributed by atoms with Gasteiger partial charge in [0.1, 0.15) is 5.37 Å². The monoisotopic (exact) mass is 288 g/mol. The summed E-state index contributed by atoms with van der Waals surface area (Å²) in [6.45, 7) is 0. The van der Waals surface area contributed by atoms with Crippen LogP contribution in [0.1, 0.15) is 21.5 Å². The van der Waals surface area contributed by atoms with Crippen LogP contribution in [0.2, 0.25) is 0 Å². The zero-order valence-corrected chi connectivity index (χ0v) is 11.3. The predicted octanol–water partition coefficient (Wildman–Crippen LogP) is 2.20. The predicted molar refractivity (Wildman–Crippen MR) is 74.7 cm³/mol. The lowest BCUT2D eigenvalue weighted by Crippen LogP contribution is -2.44. The molecule has 1 aliphatic rings. The second-order valence-corrected chi connectivity index (χ2v) is 5.32. The lowest BCUT2D eigenvalue weighted by Gasteiger charge is -2.24. The van der Waals surface area contributed by atoms with E-state index in [2.05, 4.69) is 5.43 Å².